The lowest BCUT2D eigenvalue weighted by molar-refractivity contribution is 0.0526. The van der Waals surface area contributed by atoms with Crippen molar-refractivity contribution >= 4 is 23.4 Å². The maximum atomic E-state index is 11.7. The van der Waals surface area contributed by atoms with Gasteiger partial charge in [0.15, 0.2) is 5.82 Å². The number of hydrogen-bond acceptors (Lipinski definition) is 7. The van der Waals surface area contributed by atoms with Gasteiger partial charge in [-0.05, 0) is 49.6 Å². The summed E-state index contributed by atoms with van der Waals surface area (Å²) in [7, 11) is 0. The molecule has 0 aliphatic heterocycles. The first-order valence-corrected chi connectivity index (χ1v) is 9.26. The Morgan fingerprint density at radius 2 is 1.86 bits per heavy atom. The zero-order valence-electron chi connectivity index (χ0n) is 15.8. The van der Waals surface area contributed by atoms with Crippen LogP contribution in [0.4, 0.5) is 17.5 Å². The van der Waals surface area contributed by atoms with Crippen molar-refractivity contribution in [2.24, 2.45) is 0 Å². The van der Waals surface area contributed by atoms with Gasteiger partial charge in [0.1, 0.15) is 0 Å². The number of hydrogen-bond donors (Lipinski definition) is 2. The van der Waals surface area contributed by atoms with Crippen LogP contribution in [0.15, 0.2) is 60.8 Å². The van der Waals surface area contributed by atoms with Crippen LogP contribution in [0, 0.1) is 0 Å². The lowest BCUT2D eigenvalue weighted by Gasteiger charge is -2.08. The van der Waals surface area contributed by atoms with Gasteiger partial charge >= 0.3 is 5.97 Å². The number of rotatable bonds is 9. The molecule has 0 saturated carbocycles. The number of aromatic nitrogens is 3. The predicted molar refractivity (Wildman–Crippen MR) is 109 cm³/mol. The fraction of sp³-hybridized carbons (Fsp3) is 0.238. The molecule has 1 heterocycles. The van der Waals surface area contributed by atoms with Crippen molar-refractivity contribution < 1.29 is 9.53 Å². The molecule has 0 bridgehead atoms. The molecule has 28 heavy (non-hydrogen) atoms. The number of aryl methyl sites for hydroxylation is 1. The number of esters is 1. The molecule has 0 saturated heterocycles. The second kappa shape index (κ2) is 10.0. The second-order valence-electron chi connectivity index (χ2n) is 6.10. The van der Waals surface area contributed by atoms with Gasteiger partial charge in [0, 0.05) is 12.2 Å². The third kappa shape index (κ3) is 5.77. The SMILES string of the molecule is CCOC(=O)c1ccc(Nc2nncc(NCCCc3ccccc3)n2)cc1. The molecule has 0 fully saturated rings. The van der Waals surface area contributed by atoms with Gasteiger partial charge in [0.25, 0.3) is 0 Å². The highest BCUT2D eigenvalue weighted by atomic mass is 16.5. The lowest BCUT2D eigenvalue weighted by atomic mass is 10.1. The summed E-state index contributed by atoms with van der Waals surface area (Å²) in [6.07, 6.45) is 3.59. The zero-order chi connectivity index (χ0) is 19.6. The van der Waals surface area contributed by atoms with Crippen LogP contribution in [-0.2, 0) is 11.2 Å². The quantitative estimate of drug-likeness (QED) is 0.433. The second-order valence-corrected chi connectivity index (χ2v) is 6.10. The van der Waals surface area contributed by atoms with Crippen LogP contribution < -0.4 is 10.6 Å². The Morgan fingerprint density at radius 3 is 2.61 bits per heavy atom. The lowest BCUT2D eigenvalue weighted by Crippen LogP contribution is -2.08. The summed E-state index contributed by atoms with van der Waals surface area (Å²) in [5.74, 6) is 0.708. The van der Waals surface area contributed by atoms with Crippen molar-refractivity contribution in [3.63, 3.8) is 0 Å². The number of carbonyl (C=O) groups excluding carboxylic acids is 1. The minimum Gasteiger partial charge on any atom is -0.462 e. The summed E-state index contributed by atoms with van der Waals surface area (Å²) in [5.41, 5.74) is 2.58. The number of carbonyl (C=O) groups is 1. The van der Waals surface area contributed by atoms with Crippen LogP contribution in [0.5, 0.6) is 0 Å². The Balaban J connectivity index is 1.51. The standard InChI is InChI=1S/C21H23N5O2/c1-2-28-20(27)17-10-12-18(13-11-17)24-21-25-19(15-23-26-21)22-14-6-9-16-7-4-3-5-8-16/h3-5,7-8,10-13,15H,2,6,9,14H2,1H3,(H2,22,24,25,26). The van der Waals surface area contributed by atoms with E-state index in [1.165, 1.54) is 5.56 Å². The third-order valence-electron chi connectivity index (χ3n) is 4.00. The monoisotopic (exact) mass is 377 g/mol. The van der Waals surface area contributed by atoms with E-state index >= 15 is 0 Å². The number of anilines is 3. The van der Waals surface area contributed by atoms with Crippen LogP contribution in [0.25, 0.3) is 0 Å². The molecule has 0 aliphatic rings. The molecule has 7 heteroatoms. The summed E-state index contributed by atoms with van der Waals surface area (Å²) < 4.78 is 4.97. The first-order valence-electron chi connectivity index (χ1n) is 9.26. The van der Waals surface area contributed by atoms with Crippen LogP contribution >= 0.6 is 0 Å². The van der Waals surface area contributed by atoms with E-state index in [1.807, 2.05) is 18.2 Å². The normalized spacial score (nSPS) is 10.3. The van der Waals surface area contributed by atoms with Gasteiger partial charge < -0.3 is 15.4 Å². The molecule has 0 radical (unpaired) electrons. The topological polar surface area (TPSA) is 89.0 Å². The Labute approximate surface area is 164 Å². The van der Waals surface area contributed by atoms with Gasteiger partial charge in [0.05, 0.1) is 18.4 Å². The Morgan fingerprint density at radius 1 is 1.07 bits per heavy atom. The minimum atomic E-state index is -0.339. The molecule has 0 amide bonds. The first-order chi connectivity index (χ1) is 13.7. The summed E-state index contributed by atoms with van der Waals surface area (Å²) in [5, 5.41) is 14.3. The Bertz CT molecular complexity index is 885. The van der Waals surface area contributed by atoms with Crippen LogP contribution in [0.1, 0.15) is 29.3 Å². The fourth-order valence-electron chi connectivity index (χ4n) is 2.63. The summed E-state index contributed by atoms with van der Waals surface area (Å²) in [6.45, 7) is 2.92. The molecule has 1 aromatic heterocycles. The highest BCUT2D eigenvalue weighted by Crippen LogP contribution is 2.15. The van der Waals surface area contributed by atoms with Gasteiger partial charge in [-0.2, -0.15) is 10.1 Å². The molecule has 2 N–H and O–H groups in total. The van der Waals surface area contributed by atoms with Gasteiger partial charge in [-0.3, -0.25) is 0 Å². The molecular weight excluding hydrogens is 354 g/mol. The first kappa shape index (κ1) is 19.3. The van der Waals surface area contributed by atoms with Crippen molar-refractivity contribution in [1.82, 2.24) is 15.2 Å². The van der Waals surface area contributed by atoms with E-state index in [4.69, 9.17) is 4.74 Å². The highest BCUT2D eigenvalue weighted by Gasteiger charge is 2.06. The van der Waals surface area contributed by atoms with Crippen LogP contribution in [-0.4, -0.2) is 34.3 Å². The maximum absolute atomic E-state index is 11.7. The Kier molecular flexibility index (Phi) is 6.89. The Hall–Kier alpha value is -3.48. The minimum absolute atomic E-state index is 0.339. The highest BCUT2D eigenvalue weighted by molar-refractivity contribution is 5.89. The average Bonchev–Trinajstić information content (AvgIpc) is 2.73. The fourth-order valence-corrected chi connectivity index (χ4v) is 2.63. The third-order valence-corrected chi connectivity index (χ3v) is 4.00. The molecule has 3 aromatic rings. The molecular formula is C21H23N5O2. The number of nitrogens with one attached hydrogen (secondary N) is 2. The van der Waals surface area contributed by atoms with Crippen molar-refractivity contribution in [3.05, 3.63) is 71.9 Å². The zero-order valence-corrected chi connectivity index (χ0v) is 15.8. The van der Waals surface area contributed by atoms with Crippen molar-refractivity contribution in [3.8, 4) is 0 Å². The van der Waals surface area contributed by atoms with Crippen LogP contribution in [0.2, 0.25) is 0 Å². The van der Waals surface area contributed by atoms with Crippen molar-refractivity contribution in [2.45, 2.75) is 19.8 Å². The molecule has 144 valence electrons. The average molecular weight is 377 g/mol. The molecule has 2 aromatic carbocycles. The van der Waals surface area contributed by atoms with Gasteiger partial charge in [0.2, 0.25) is 5.95 Å². The molecule has 0 unspecified atom stereocenters. The van der Waals surface area contributed by atoms with Crippen LogP contribution in [0.3, 0.4) is 0 Å². The number of benzene rings is 2. The molecule has 0 atom stereocenters. The predicted octanol–water partition coefficient (Wildman–Crippen LogP) is 3.84. The van der Waals surface area contributed by atoms with Crippen molar-refractivity contribution in [1.29, 1.82) is 0 Å². The van der Waals surface area contributed by atoms with E-state index in [-0.39, 0.29) is 5.97 Å². The van der Waals surface area contributed by atoms with Gasteiger partial charge in [-0.1, -0.05) is 30.3 Å². The van der Waals surface area contributed by atoms with E-state index in [0.29, 0.717) is 23.9 Å². The van der Waals surface area contributed by atoms with E-state index in [9.17, 15) is 4.79 Å². The molecule has 7 nitrogen and oxygen atoms in total. The summed E-state index contributed by atoms with van der Waals surface area (Å²) in [4.78, 5) is 16.1. The largest absolute Gasteiger partial charge is 0.462 e. The molecule has 3 rings (SSSR count). The van der Waals surface area contributed by atoms with E-state index in [1.54, 1.807) is 37.4 Å². The smallest absolute Gasteiger partial charge is 0.338 e. The molecule has 0 aliphatic carbocycles. The van der Waals surface area contributed by atoms with E-state index in [0.717, 1.165) is 25.1 Å². The molecule has 0 spiro atoms. The maximum Gasteiger partial charge on any atom is 0.338 e. The number of nitrogens with zero attached hydrogens (tertiary/aromatic N) is 3. The summed E-state index contributed by atoms with van der Waals surface area (Å²) >= 11 is 0. The van der Waals surface area contributed by atoms with E-state index in [2.05, 4.69) is 37.9 Å². The van der Waals surface area contributed by atoms with E-state index < -0.39 is 0 Å². The van der Waals surface area contributed by atoms with Gasteiger partial charge in [-0.25, -0.2) is 4.79 Å². The summed E-state index contributed by atoms with van der Waals surface area (Å²) in [6, 6.07) is 17.3. The van der Waals surface area contributed by atoms with Crippen molar-refractivity contribution in [2.75, 3.05) is 23.8 Å². The number of ether oxygens (including phenoxy) is 1. The van der Waals surface area contributed by atoms with Gasteiger partial charge in [-0.15, -0.1) is 5.10 Å².